The monoisotopic (exact) mass is 293 g/mol. The Morgan fingerprint density at radius 2 is 1.95 bits per heavy atom. The molecule has 0 aliphatic carbocycles. The van der Waals surface area contributed by atoms with E-state index >= 15 is 0 Å². The van der Waals surface area contributed by atoms with Gasteiger partial charge in [0.25, 0.3) is 11.9 Å². The first-order valence-electron chi connectivity index (χ1n) is 6.83. The summed E-state index contributed by atoms with van der Waals surface area (Å²) in [6.45, 7) is 9.27. The number of nitrogens with zero attached hydrogens (tertiary/aromatic N) is 4. The van der Waals surface area contributed by atoms with Crippen molar-refractivity contribution < 1.29 is 4.79 Å². The molecule has 2 aromatic rings. The van der Waals surface area contributed by atoms with Crippen molar-refractivity contribution in [1.82, 2.24) is 15.3 Å². The van der Waals surface area contributed by atoms with Crippen LogP contribution in [0.15, 0.2) is 40.3 Å². The maximum absolute atomic E-state index is 11.7. The van der Waals surface area contributed by atoms with Gasteiger partial charge in [0.05, 0.1) is 22.5 Å². The second kappa shape index (κ2) is 5.14. The van der Waals surface area contributed by atoms with Gasteiger partial charge in [-0.25, -0.2) is 15.0 Å². The van der Waals surface area contributed by atoms with Crippen LogP contribution in [0.4, 0.5) is 5.95 Å². The van der Waals surface area contributed by atoms with Gasteiger partial charge in [-0.1, -0.05) is 18.7 Å². The molecule has 0 spiro atoms. The van der Waals surface area contributed by atoms with Gasteiger partial charge in [0.2, 0.25) is 5.96 Å². The number of benzene rings is 1. The molecule has 1 aliphatic rings. The van der Waals surface area contributed by atoms with Crippen molar-refractivity contribution in [3.05, 3.63) is 41.6 Å². The summed E-state index contributed by atoms with van der Waals surface area (Å²) in [6, 6.07) is 5.99. The summed E-state index contributed by atoms with van der Waals surface area (Å²) in [4.78, 5) is 28.9. The fourth-order valence-corrected chi connectivity index (χ4v) is 2.18. The molecule has 1 aromatic carbocycles. The predicted molar refractivity (Wildman–Crippen MR) is 86.5 cm³/mol. The first-order chi connectivity index (χ1) is 10.4. The normalized spacial score (nSPS) is 16.9. The molecule has 6 nitrogen and oxygen atoms in total. The molecular weight excluding hydrogens is 278 g/mol. The van der Waals surface area contributed by atoms with Gasteiger partial charge < -0.3 is 0 Å². The number of carbonyl (C=O) groups is 1. The molecule has 0 unspecified atom stereocenters. The lowest BCUT2D eigenvalue weighted by molar-refractivity contribution is -0.115. The minimum atomic E-state index is -0.306. The first kappa shape index (κ1) is 14.1. The van der Waals surface area contributed by atoms with Crippen LogP contribution in [-0.4, -0.2) is 27.5 Å². The minimum Gasteiger partial charge on any atom is -0.290 e. The molecule has 2 heterocycles. The van der Waals surface area contributed by atoms with E-state index in [2.05, 4.69) is 31.8 Å². The van der Waals surface area contributed by atoms with Crippen molar-refractivity contribution in [2.45, 2.75) is 20.8 Å². The summed E-state index contributed by atoms with van der Waals surface area (Å²) in [5.74, 6) is 0.149. The van der Waals surface area contributed by atoms with Crippen molar-refractivity contribution in [2.24, 2.45) is 9.98 Å². The van der Waals surface area contributed by atoms with Gasteiger partial charge in [0.1, 0.15) is 0 Å². The third kappa shape index (κ3) is 2.50. The van der Waals surface area contributed by atoms with Crippen LogP contribution in [0.25, 0.3) is 10.9 Å². The van der Waals surface area contributed by atoms with Gasteiger partial charge in [-0.15, -0.1) is 0 Å². The molecule has 6 heteroatoms. The van der Waals surface area contributed by atoms with E-state index in [4.69, 9.17) is 0 Å². The summed E-state index contributed by atoms with van der Waals surface area (Å²) < 4.78 is 0. The fraction of sp³-hybridized carbons (Fsp3) is 0.188. The molecule has 1 aliphatic heterocycles. The Bertz CT molecular complexity index is 879. The molecule has 0 bridgehead atoms. The van der Waals surface area contributed by atoms with Gasteiger partial charge >= 0.3 is 0 Å². The maximum atomic E-state index is 11.7. The van der Waals surface area contributed by atoms with Crippen molar-refractivity contribution in [1.29, 1.82) is 0 Å². The number of rotatable bonds is 1. The Labute approximate surface area is 127 Å². The fourth-order valence-electron chi connectivity index (χ4n) is 2.18. The highest BCUT2D eigenvalue weighted by molar-refractivity contribution is 6.29. The molecule has 3 rings (SSSR count). The van der Waals surface area contributed by atoms with Gasteiger partial charge in [0.15, 0.2) is 0 Å². The Kier molecular flexibility index (Phi) is 3.29. The number of fused-ring (bicyclic) bond motifs is 1. The number of aromatic nitrogens is 2. The quantitative estimate of drug-likeness (QED) is 0.820. The summed E-state index contributed by atoms with van der Waals surface area (Å²) in [7, 11) is 0. The van der Waals surface area contributed by atoms with Gasteiger partial charge in [-0.05, 0) is 32.4 Å². The van der Waals surface area contributed by atoms with Crippen molar-refractivity contribution in [3.8, 4) is 0 Å². The van der Waals surface area contributed by atoms with Crippen molar-refractivity contribution in [3.63, 3.8) is 0 Å². The zero-order chi connectivity index (χ0) is 15.9. The Morgan fingerprint density at radius 1 is 1.18 bits per heavy atom. The van der Waals surface area contributed by atoms with Gasteiger partial charge in [-0.3, -0.25) is 10.1 Å². The number of nitrogens with one attached hydrogen (secondary N) is 1. The third-order valence-electron chi connectivity index (χ3n) is 3.45. The summed E-state index contributed by atoms with van der Waals surface area (Å²) in [5, 5.41) is 3.55. The number of aryl methyl sites for hydroxylation is 2. The zero-order valence-corrected chi connectivity index (χ0v) is 12.6. The lowest BCUT2D eigenvalue weighted by Crippen LogP contribution is -2.37. The molecule has 1 amide bonds. The van der Waals surface area contributed by atoms with Gasteiger partial charge in [-0.2, -0.15) is 4.99 Å². The van der Waals surface area contributed by atoms with E-state index in [1.165, 1.54) is 0 Å². The Hall–Kier alpha value is -2.89. The van der Waals surface area contributed by atoms with E-state index in [1.54, 1.807) is 6.92 Å². The van der Waals surface area contributed by atoms with Crippen LogP contribution in [0.5, 0.6) is 0 Å². The molecule has 1 N–H and O–H groups in total. The maximum Gasteiger partial charge on any atom is 0.259 e. The molecule has 0 radical (unpaired) electrons. The van der Waals surface area contributed by atoms with E-state index in [9.17, 15) is 4.79 Å². The van der Waals surface area contributed by atoms with Crippen LogP contribution in [0.1, 0.15) is 18.2 Å². The predicted octanol–water partition coefficient (Wildman–Crippen LogP) is 2.38. The van der Waals surface area contributed by atoms with Crippen LogP contribution >= 0.6 is 0 Å². The van der Waals surface area contributed by atoms with E-state index < -0.39 is 0 Å². The number of hydrogen-bond donors (Lipinski definition) is 1. The third-order valence-corrected chi connectivity index (χ3v) is 3.45. The molecule has 1 aromatic heterocycles. The highest BCUT2D eigenvalue weighted by atomic mass is 16.2. The Morgan fingerprint density at radius 3 is 2.68 bits per heavy atom. The molecule has 0 atom stereocenters. The van der Waals surface area contributed by atoms with Crippen LogP contribution in [-0.2, 0) is 4.79 Å². The van der Waals surface area contributed by atoms with Gasteiger partial charge in [0, 0.05) is 5.39 Å². The second-order valence-corrected chi connectivity index (χ2v) is 5.19. The SMILES string of the molecule is C=C1C(=O)N/C(=N\c2nc(C)c3ccc(C)cc3n2)N=C1C. The Balaban J connectivity index is 2.09. The number of guanidine groups is 1. The second-order valence-electron chi connectivity index (χ2n) is 5.19. The minimum absolute atomic E-state index is 0.182. The van der Waals surface area contributed by atoms with Crippen LogP contribution in [0.3, 0.4) is 0 Å². The molecule has 110 valence electrons. The number of carbonyl (C=O) groups excluding carboxylic acids is 1. The topological polar surface area (TPSA) is 79.6 Å². The summed E-state index contributed by atoms with van der Waals surface area (Å²) in [6.07, 6.45) is 0. The number of amides is 1. The average molecular weight is 293 g/mol. The lowest BCUT2D eigenvalue weighted by atomic mass is 10.1. The van der Waals surface area contributed by atoms with E-state index in [1.807, 2.05) is 32.0 Å². The summed E-state index contributed by atoms with van der Waals surface area (Å²) in [5.41, 5.74) is 3.64. The summed E-state index contributed by atoms with van der Waals surface area (Å²) >= 11 is 0. The molecule has 0 saturated heterocycles. The zero-order valence-electron chi connectivity index (χ0n) is 12.6. The standard InChI is InChI=1S/C16H15N5O/c1-8-5-6-12-11(4)18-15(19-13(12)7-8)21-16-17-10(3)9(2)14(22)20-16/h5-7H,2H2,1,3-4H3,(H,18,19,20,21,22). The van der Waals surface area contributed by atoms with Crippen LogP contribution < -0.4 is 5.32 Å². The van der Waals surface area contributed by atoms with E-state index in [0.29, 0.717) is 11.3 Å². The van der Waals surface area contributed by atoms with E-state index in [0.717, 1.165) is 22.2 Å². The van der Waals surface area contributed by atoms with Crippen molar-refractivity contribution >= 4 is 34.4 Å². The molecule has 0 fully saturated rings. The largest absolute Gasteiger partial charge is 0.290 e. The average Bonchev–Trinajstić information content (AvgIpc) is 2.44. The highest BCUT2D eigenvalue weighted by Crippen LogP contribution is 2.20. The van der Waals surface area contributed by atoms with Crippen LogP contribution in [0, 0.1) is 13.8 Å². The first-order valence-corrected chi connectivity index (χ1v) is 6.83. The molecule has 22 heavy (non-hydrogen) atoms. The van der Waals surface area contributed by atoms with Crippen molar-refractivity contribution in [2.75, 3.05) is 0 Å². The van der Waals surface area contributed by atoms with Crippen LogP contribution in [0.2, 0.25) is 0 Å². The smallest absolute Gasteiger partial charge is 0.259 e. The number of aliphatic imine (C=N–C) groups is 2. The number of hydrogen-bond acceptors (Lipinski definition) is 4. The molecule has 0 saturated carbocycles. The molecular formula is C16H15N5O. The highest BCUT2D eigenvalue weighted by Gasteiger charge is 2.18. The van der Waals surface area contributed by atoms with E-state index in [-0.39, 0.29) is 17.8 Å². The lowest BCUT2D eigenvalue weighted by Gasteiger charge is -2.13.